The molecule has 0 spiro atoms. The van der Waals surface area contributed by atoms with Gasteiger partial charge in [-0.05, 0) is 46.7 Å². The normalized spacial score (nSPS) is 23.6. The van der Waals surface area contributed by atoms with Gasteiger partial charge in [0.25, 0.3) is 0 Å². The molecule has 1 aliphatic carbocycles. The molecular formula is C26H17B2NO3S. The Hall–Kier alpha value is -3.31. The first-order chi connectivity index (χ1) is 15.8. The number of fused-ring (bicyclic) bond motifs is 4. The highest BCUT2D eigenvalue weighted by molar-refractivity contribution is 7.92. The van der Waals surface area contributed by atoms with Gasteiger partial charge in [0.2, 0.25) is 0 Å². The van der Waals surface area contributed by atoms with Gasteiger partial charge in [-0.3, -0.25) is 4.79 Å². The van der Waals surface area contributed by atoms with E-state index in [-0.39, 0.29) is 16.2 Å². The number of allylic oxidation sites excluding steroid dienone is 2. The SMILES string of the molecule is [B]C1([B])c2ccccc2N(C2=CC3C(=O)c4ccccc4S(=O)(=O)C3C=C2)c2ccccc21. The first-order valence-electron chi connectivity index (χ1n) is 10.7. The van der Waals surface area contributed by atoms with Gasteiger partial charge in [0.15, 0.2) is 15.6 Å². The van der Waals surface area contributed by atoms with Gasteiger partial charge in [0, 0.05) is 22.6 Å². The molecule has 0 aromatic heterocycles. The van der Waals surface area contributed by atoms with Gasteiger partial charge in [-0.2, -0.15) is 0 Å². The lowest BCUT2D eigenvalue weighted by atomic mass is 9.46. The zero-order valence-electron chi connectivity index (χ0n) is 17.5. The van der Waals surface area contributed by atoms with Crippen LogP contribution in [0.25, 0.3) is 0 Å². The van der Waals surface area contributed by atoms with Crippen LogP contribution in [-0.4, -0.2) is 35.1 Å². The smallest absolute Gasteiger partial charge is 0.186 e. The molecule has 7 heteroatoms. The summed E-state index contributed by atoms with van der Waals surface area (Å²) in [5, 5.41) is -2.12. The minimum atomic E-state index is -3.68. The molecule has 2 atom stereocenters. The van der Waals surface area contributed by atoms with Crippen LogP contribution in [0, 0.1) is 5.92 Å². The van der Waals surface area contributed by atoms with Crippen molar-refractivity contribution in [3.05, 3.63) is 113 Å². The maximum absolute atomic E-state index is 13.4. The van der Waals surface area contributed by atoms with E-state index in [4.69, 9.17) is 15.7 Å². The number of para-hydroxylation sites is 2. The monoisotopic (exact) mass is 445 g/mol. The first-order valence-corrected chi connectivity index (χ1v) is 12.2. The van der Waals surface area contributed by atoms with Gasteiger partial charge in [0.1, 0.15) is 0 Å². The standard InChI is InChI=1S/C26H17B2NO3S/c27-26(28)19-8-2-4-10-21(19)29(22-11-5-3-9-20(22)26)16-13-14-24-18(15-16)25(30)17-7-1-6-12-23(17)33(24,31)32/h1-15,18,24H. The fraction of sp³-hybridized carbons (Fsp3) is 0.115. The van der Waals surface area contributed by atoms with Crippen molar-refractivity contribution in [2.45, 2.75) is 15.4 Å². The molecule has 0 amide bonds. The van der Waals surface area contributed by atoms with Crippen molar-refractivity contribution in [3.63, 3.8) is 0 Å². The second-order valence-corrected chi connectivity index (χ2v) is 10.7. The van der Waals surface area contributed by atoms with Crippen LogP contribution >= 0.6 is 0 Å². The van der Waals surface area contributed by atoms with E-state index in [1.807, 2.05) is 53.4 Å². The average Bonchev–Trinajstić information content (AvgIpc) is 2.83. The molecule has 2 unspecified atom stereocenters. The van der Waals surface area contributed by atoms with E-state index >= 15 is 0 Å². The minimum Gasteiger partial charge on any atom is -0.310 e. The number of hydrogen-bond donors (Lipinski definition) is 0. The minimum absolute atomic E-state index is 0.0995. The molecular weight excluding hydrogens is 428 g/mol. The topological polar surface area (TPSA) is 54.5 Å². The van der Waals surface area contributed by atoms with E-state index in [2.05, 4.69) is 0 Å². The van der Waals surface area contributed by atoms with Crippen molar-refractivity contribution >= 4 is 42.7 Å². The van der Waals surface area contributed by atoms with E-state index in [0.717, 1.165) is 22.5 Å². The highest BCUT2D eigenvalue weighted by atomic mass is 32.2. The van der Waals surface area contributed by atoms with E-state index < -0.39 is 26.2 Å². The van der Waals surface area contributed by atoms with Crippen molar-refractivity contribution in [2.75, 3.05) is 4.90 Å². The molecule has 33 heavy (non-hydrogen) atoms. The molecule has 0 fully saturated rings. The van der Waals surface area contributed by atoms with E-state index in [0.29, 0.717) is 5.70 Å². The highest BCUT2D eigenvalue weighted by Crippen LogP contribution is 2.49. The van der Waals surface area contributed by atoms with Gasteiger partial charge >= 0.3 is 0 Å². The lowest BCUT2D eigenvalue weighted by molar-refractivity contribution is 0.0938. The fourth-order valence-electron chi connectivity index (χ4n) is 5.15. The Kier molecular flexibility index (Phi) is 4.21. The number of carbonyl (C=O) groups is 1. The first kappa shape index (κ1) is 20.3. The van der Waals surface area contributed by atoms with Crippen LogP contribution in [0.4, 0.5) is 11.4 Å². The van der Waals surface area contributed by atoms with Crippen molar-refractivity contribution in [1.29, 1.82) is 0 Å². The molecule has 0 saturated heterocycles. The van der Waals surface area contributed by atoms with Gasteiger partial charge in [0.05, 0.1) is 31.8 Å². The molecule has 156 valence electrons. The summed E-state index contributed by atoms with van der Waals surface area (Å²) in [6.07, 6.45) is 5.16. The third-order valence-corrected chi connectivity index (χ3v) is 8.86. The summed E-state index contributed by atoms with van der Waals surface area (Å²) in [6.45, 7) is 0. The molecule has 0 bridgehead atoms. The summed E-state index contributed by atoms with van der Waals surface area (Å²) in [4.78, 5) is 15.5. The van der Waals surface area contributed by atoms with Crippen LogP contribution in [0.2, 0.25) is 0 Å². The number of hydrogen-bond acceptors (Lipinski definition) is 4. The molecule has 3 aromatic carbocycles. The number of ketones is 1. The van der Waals surface area contributed by atoms with Gasteiger partial charge in [-0.15, -0.1) is 0 Å². The molecule has 3 aromatic rings. The summed E-state index contributed by atoms with van der Waals surface area (Å²) in [6, 6.07) is 21.6. The Labute approximate surface area is 195 Å². The Morgan fingerprint density at radius 2 is 1.39 bits per heavy atom. The fourth-order valence-corrected chi connectivity index (χ4v) is 7.06. The molecule has 0 saturated carbocycles. The summed E-state index contributed by atoms with van der Waals surface area (Å²) in [5.74, 6) is -1.01. The van der Waals surface area contributed by atoms with Gasteiger partial charge in [-0.25, -0.2) is 8.42 Å². The van der Waals surface area contributed by atoms with Crippen LogP contribution in [0.1, 0.15) is 21.5 Å². The summed E-state index contributed by atoms with van der Waals surface area (Å²) in [7, 11) is 9.50. The van der Waals surface area contributed by atoms with Gasteiger partial charge in [-0.1, -0.05) is 60.7 Å². The van der Waals surface area contributed by atoms with Crippen molar-refractivity contribution < 1.29 is 13.2 Å². The Morgan fingerprint density at radius 1 is 0.818 bits per heavy atom. The van der Waals surface area contributed by atoms with Crippen LogP contribution in [0.15, 0.2) is 102 Å². The Balaban J connectivity index is 1.55. The lowest BCUT2D eigenvalue weighted by Crippen LogP contribution is -2.42. The molecule has 6 rings (SSSR count). The second kappa shape index (κ2) is 6.84. The largest absolute Gasteiger partial charge is 0.310 e. The maximum atomic E-state index is 13.4. The summed E-state index contributed by atoms with van der Waals surface area (Å²) >= 11 is 0. The second-order valence-electron chi connectivity index (χ2n) is 8.59. The average molecular weight is 445 g/mol. The molecule has 2 heterocycles. The van der Waals surface area contributed by atoms with Crippen molar-refractivity contribution in [2.24, 2.45) is 5.92 Å². The molecule has 2 aliphatic heterocycles. The summed E-state index contributed by atoms with van der Waals surface area (Å²) in [5.41, 5.74) is 4.02. The predicted molar refractivity (Wildman–Crippen MR) is 130 cm³/mol. The molecule has 3 aliphatic rings. The number of carbonyl (C=O) groups excluding carboxylic acids is 1. The number of rotatable bonds is 1. The number of Topliss-reactive ketones (excluding diaryl/α,β-unsaturated/α-hetero) is 1. The van der Waals surface area contributed by atoms with Gasteiger partial charge < -0.3 is 4.90 Å². The highest BCUT2D eigenvalue weighted by Gasteiger charge is 2.46. The lowest BCUT2D eigenvalue weighted by Gasteiger charge is -2.44. The van der Waals surface area contributed by atoms with Crippen molar-refractivity contribution in [1.82, 2.24) is 0 Å². The maximum Gasteiger partial charge on any atom is 0.186 e. The number of anilines is 2. The van der Waals surface area contributed by atoms with E-state index in [1.165, 1.54) is 6.07 Å². The Morgan fingerprint density at radius 3 is 2.06 bits per heavy atom. The van der Waals surface area contributed by atoms with Crippen LogP contribution < -0.4 is 4.90 Å². The number of nitrogens with zero attached hydrogens (tertiary/aromatic N) is 1. The zero-order valence-corrected chi connectivity index (χ0v) is 18.4. The third-order valence-electron chi connectivity index (χ3n) is 6.72. The molecule has 0 N–H and O–H groups in total. The Bertz CT molecular complexity index is 1460. The van der Waals surface area contributed by atoms with Crippen LogP contribution in [0.5, 0.6) is 0 Å². The van der Waals surface area contributed by atoms with Crippen LogP contribution in [-0.2, 0) is 15.1 Å². The predicted octanol–water partition coefficient (Wildman–Crippen LogP) is 3.78. The van der Waals surface area contributed by atoms with Crippen molar-refractivity contribution in [3.8, 4) is 0 Å². The zero-order chi connectivity index (χ0) is 23.0. The number of benzene rings is 3. The quantitative estimate of drug-likeness (QED) is 0.536. The van der Waals surface area contributed by atoms with E-state index in [9.17, 15) is 13.2 Å². The summed E-state index contributed by atoms with van der Waals surface area (Å²) < 4.78 is 26.5. The molecule has 4 radical (unpaired) electrons. The van der Waals surface area contributed by atoms with Crippen LogP contribution in [0.3, 0.4) is 0 Å². The number of sulfone groups is 1. The molecule has 4 nitrogen and oxygen atoms in total. The van der Waals surface area contributed by atoms with E-state index in [1.54, 1.807) is 36.4 Å². The third kappa shape index (κ3) is 2.72.